The van der Waals surface area contributed by atoms with Crippen molar-refractivity contribution in [2.24, 2.45) is 0 Å². The van der Waals surface area contributed by atoms with E-state index in [2.05, 4.69) is 17.1 Å². The van der Waals surface area contributed by atoms with Gasteiger partial charge in [0, 0.05) is 25.4 Å². The van der Waals surface area contributed by atoms with Crippen LogP contribution in [0, 0.1) is 0 Å². The monoisotopic (exact) mass is 438 g/mol. The van der Waals surface area contributed by atoms with Crippen LogP contribution >= 0.6 is 0 Å². The average molecular weight is 439 g/mol. The van der Waals surface area contributed by atoms with Crippen LogP contribution < -0.4 is 9.47 Å². The van der Waals surface area contributed by atoms with Crippen molar-refractivity contribution in [3.63, 3.8) is 0 Å². The molecule has 0 unspecified atom stereocenters. The molecule has 0 amide bonds. The Kier molecular flexibility index (Phi) is 6.53. The summed E-state index contributed by atoms with van der Waals surface area (Å²) in [5.74, 6) is 2.19. The van der Waals surface area contributed by atoms with Crippen molar-refractivity contribution in [3.05, 3.63) is 83.6 Å². The first-order valence-electron chi connectivity index (χ1n) is 10.3. The number of hydrogen-bond donors (Lipinski definition) is 0. The molecule has 0 radical (unpaired) electrons. The molecule has 7 heteroatoms. The Morgan fingerprint density at radius 3 is 2.55 bits per heavy atom. The quantitative estimate of drug-likeness (QED) is 0.493. The Bertz CT molecular complexity index is 1120. The van der Waals surface area contributed by atoms with E-state index in [1.54, 1.807) is 6.20 Å². The average Bonchev–Trinajstić information content (AvgIpc) is 2.77. The maximum absolute atomic E-state index is 11.7. The number of pyridine rings is 1. The van der Waals surface area contributed by atoms with Crippen molar-refractivity contribution in [2.75, 3.05) is 19.4 Å². The smallest absolute Gasteiger partial charge is 0.219 e. The van der Waals surface area contributed by atoms with E-state index in [-0.39, 0.29) is 0 Å². The minimum Gasteiger partial charge on any atom is -0.494 e. The maximum Gasteiger partial charge on any atom is 0.219 e. The standard InChI is InChI=1S/C24H26N2O4S/c1-31(27,28)26-15-13-20-17-23(12-9-21(20)18-26)29-16-4-5-19-7-10-22(11-8-19)30-24-6-2-3-14-25-24/h2-3,6-12,14,17H,4-5,13,15-16,18H2,1H3. The van der Waals surface area contributed by atoms with Gasteiger partial charge in [0.25, 0.3) is 0 Å². The van der Waals surface area contributed by atoms with E-state index in [1.165, 1.54) is 21.7 Å². The van der Waals surface area contributed by atoms with Gasteiger partial charge in [-0.25, -0.2) is 13.4 Å². The number of hydrogen-bond acceptors (Lipinski definition) is 5. The molecular weight excluding hydrogens is 412 g/mol. The van der Waals surface area contributed by atoms with Crippen LogP contribution in [-0.4, -0.2) is 37.1 Å². The second kappa shape index (κ2) is 9.49. The number of rotatable bonds is 8. The largest absolute Gasteiger partial charge is 0.494 e. The first kappa shape index (κ1) is 21.3. The highest BCUT2D eigenvalue weighted by Gasteiger charge is 2.23. The van der Waals surface area contributed by atoms with Crippen LogP contribution in [-0.2, 0) is 29.4 Å². The van der Waals surface area contributed by atoms with Crippen molar-refractivity contribution in [3.8, 4) is 17.4 Å². The Hall–Kier alpha value is -2.90. The van der Waals surface area contributed by atoms with Gasteiger partial charge >= 0.3 is 0 Å². The number of aryl methyl sites for hydroxylation is 1. The molecule has 6 nitrogen and oxygen atoms in total. The molecule has 0 fully saturated rings. The van der Waals surface area contributed by atoms with Gasteiger partial charge in [0.1, 0.15) is 11.5 Å². The zero-order valence-electron chi connectivity index (χ0n) is 17.5. The van der Waals surface area contributed by atoms with Crippen molar-refractivity contribution in [1.29, 1.82) is 0 Å². The van der Waals surface area contributed by atoms with Crippen molar-refractivity contribution in [2.45, 2.75) is 25.8 Å². The highest BCUT2D eigenvalue weighted by Crippen LogP contribution is 2.25. The van der Waals surface area contributed by atoms with Crippen molar-refractivity contribution in [1.82, 2.24) is 9.29 Å². The lowest BCUT2D eigenvalue weighted by atomic mass is 10.0. The number of benzene rings is 2. The second-order valence-corrected chi connectivity index (χ2v) is 9.63. The van der Waals surface area contributed by atoms with Crippen LogP contribution in [0.4, 0.5) is 0 Å². The summed E-state index contributed by atoms with van der Waals surface area (Å²) in [7, 11) is -3.15. The lowest BCUT2D eigenvalue weighted by Gasteiger charge is -2.27. The Morgan fingerprint density at radius 1 is 1.00 bits per heavy atom. The molecule has 31 heavy (non-hydrogen) atoms. The molecule has 1 aromatic heterocycles. The van der Waals surface area contributed by atoms with Gasteiger partial charge in [-0.05, 0) is 66.3 Å². The fourth-order valence-corrected chi connectivity index (χ4v) is 4.39. The highest BCUT2D eigenvalue weighted by molar-refractivity contribution is 7.88. The molecule has 0 N–H and O–H groups in total. The topological polar surface area (TPSA) is 68.7 Å². The lowest BCUT2D eigenvalue weighted by molar-refractivity contribution is 0.309. The molecule has 0 saturated carbocycles. The number of ether oxygens (including phenoxy) is 2. The van der Waals surface area contributed by atoms with E-state index in [0.29, 0.717) is 32.0 Å². The molecule has 2 heterocycles. The summed E-state index contributed by atoms with van der Waals surface area (Å²) < 4.78 is 36.7. The molecule has 3 aromatic rings. The summed E-state index contributed by atoms with van der Waals surface area (Å²) in [5, 5.41) is 0. The predicted molar refractivity (Wildman–Crippen MR) is 120 cm³/mol. The zero-order valence-corrected chi connectivity index (χ0v) is 18.3. The van der Waals surface area contributed by atoms with Crippen LogP contribution in [0.3, 0.4) is 0 Å². The third-order valence-electron chi connectivity index (χ3n) is 5.29. The summed E-state index contributed by atoms with van der Waals surface area (Å²) >= 11 is 0. The van der Waals surface area contributed by atoms with Crippen LogP contribution in [0.25, 0.3) is 0 Å². The SMILES string of the molecule is CS(=O)(=O)N1CCc2cc(OCCCc3ccc(Oc4ccccn4)cc3)ccc2C1. The molecule has 0 bridgehead atoms. The van der Waals surface area contributed by atoms with Gasteiger partial charge in [-0.1, -0.05) is 24.3 Å². The van der Waals surface area contributed by atoms with Gasteiger partial charge in [0.15, 0.2) is 0 Å². The van der Waals surface area contributed by atoms with Gasteiger partial charge in [-0.3, -0.25) is 0 Å². The molecule has 1 aliphatic heterocycles. The second-order valence-electron chi connectivity index (χ2n) is 7.64. The molecule has 0 spiro atoms. The first-order chi connectivity index (χ1) is 15.0. The summed E-state index contributed by atoms with van der Waals surface area (Å²) in [6, 6.07) is 19.5. The van der Waals surface area contributed by atoms with E-state index in [4.69, 9.17) is 9.47 Å². The van der Waals surface area contributed by atoms with Gasteiger partial charge in [0.05, 0.1) is 12.9 Å². The number of sulfonamides is 1. The fraction of sp³-hybridized carbons (Fsp3) is 0.292. The predicted octanol–water partition coefficient (Wildman–Crippen LogP) is 4.20. The van der Waals surface area contributed by atoms with Crippen molar-refractivity contribution >= 4 is 10.0 Å². The molecule has 0 saturated heterocycles. The third-order valence-corrected chi connectivity index (χ3v) is 6.54. The zero-order chi connectivity index (χ0) is 21.7. The number of fused-ring (bicyclic) bond motifs is 1. The summed E-state index contributed by atoms with van der Waals surface area (Å²) in [6.07, 6.45) is 5.50. The van der Waals surface area contributed by atoms with E-state index in [0.717, 1.165) is 29.9 Å². The first-order valence-corrected chi connectivity index (χ1v) is 12.2. The molecule has 0 atom stereocenters. The van der Waals surface area contributed by atoms with Crippen LogP contribution in [0.1, 0.15) is 23.1 Å². The van der Waals surface area contributed by atoms with E-state index in [1.807, 2.05) is 48.5 Å². The van der Waals surface area contributed by atoms with E-state index in [9.17, 15) is 8.42 Å². The Balaban J connectivity index is 1.24. The minimum atomic E-state index is -3.15. The number of aromatic nitrogens is 1. The third kappa shape index (κ3) is 5.83. The maximum atomic E-state index is 11.7. The highest BCUT2D eigenvalue weighted by atomic mass is 32.2. The molecule has 2 aromatic carbocycles. The van der Waals surface area contributed by atoms with Crippen LogP contribution in [0.5, 0.6) is 17.4 Å². The van der Waals surface area contributed by atoms with Crippen LogP contribution in [0.15, 0.2) is 66.9 Å². The normalized spacial score (nSPS) is 14.1. The number of nitrogens with zero attached hydrogens (tertiary/aromatic N) is 2. The molecule has 0 aliphatic carbocycles. The van der Waals surface area contributed by atoms with Gasteiger partial charge in [0.2, 0.25) is 15.9 Å². The molecular formula is C24H26N2O4S. The van der Waals surface area contributed by atoms with Crippen LogP contribution in [0.2, 0.25) is 0 Å². The lowest BCUT2D eigenvalue weighted by Crippen LogP contribution is -2.35. The van der Waals surface area contributed by atoms with Gasteiger partial charge in [-0.15, -0.1) is 0 Å². The fourth-order valence-electron chi connectivity index (χ4n) is 3.60. The Labute approximate surface area is 183 Å². The van der Waals surface area contributed by atoms with Crippen molar-refractivity contribution < 1.29 is 17.9 Å². The molecule has 162 valence electrons. The molecule has 1 aliphatic rings. The minimum absolute atomic E-state index is 0.439. The Morgan fingerprint density at radius 2 is 1.81 bits per heavy atom. The van der Waals surface area contributed by atoms with E-state index >= 15 is 0 Å². The van der Waals surface area contributed by atoms with Gasteiger partial charge in [-0.2, -0.15) is 4.31 Å². The summed E-state index contributed by atoms with van der Waals surface area (Å²) in [4.78, 5) is 4.16. The summed E-state index contributed by atoms with van der Waals surface area (Å²) in [5.41, 5.74) is 3.45. The molecule has 4 rings (SSSR count). The van der Waals surface area contributed by atoms with E-state index < -0.39 is 10.0 Å². The van der Waals surface area contributed by atoms with Gasteiger partial charge < -0.3 is 9.47 Å². The summed E-state index contributed by atoms with van der Waals surface area (Å²) in [6.45, 7) is 1.59.